The van der Waals surface area contributed by atoms with Crippen LogP contribution in [0.1, 0.15) is 103 Å². The van der Waals surface area contributed by atoms with E-state index in [1.54, 1.807) is 48.5 Å². The number of ether oxygens (including phenoxy) is 2. The lowest BCUT2D eigenvalue weighted by Gasteiger charge is -2.35. The molecule has 2 aromatic carbocycles. The number of nitrogens with one attached hydrogen (secondary N) is 2. The number of amides is 3. The largest absolute Gasteiger partial charge is 0.458 e. The Morgan fingerprint density at radius 3 is 2.02 bits per heavy atom. The van der Waals surface area contributed by atoms with E-state index >= 15 is 0 Å². The zero-order valence-corrected chi connectivity index (χ0v) is 28.8. The molecule has 9 heteroatoms. The molecule has 0 bridgehead atoms. The quantitative estimate of drug-likeness (QED) is 0.199. The summed E-state index contributed by atoms with van der Waals surface area (Å²) in [6.45, 7) is 18.3. The molecule has 0 aliphatic heterocycles. The molecule has 2 aromatic rings. The van der Waals surface area contributed by atoms with Crippen LogP contribution >= 0.6 is 0 Å². The fourth-order valence-electron chi connectivity index (χ4n) is 4.88. The van der Waals surface area contributed by atoms with Crippen molar-refractivity contribution in [1.82, 2.24) is 15.5 Å². The van der Waals surface area contributed by atoms with Crippen molar-refractivity contribution in [3.05, 3.63) is 70.8 Å². The van der Waals surface area contributed by atoms with Gasteiger partial charge >= 0.3 is 12.1 Å². The first-order valence-corrected chi connectivity index (χ1v) is 15.9. The highest BCUT2D eigenvalue weighted by Crippen LogP contribution is 2.28. The van der Waals surface area contributed by atoms with Crippen LogP contribution in [0.3, 0.4) is 0 Å². The predicted molar refractivity (Wildman–Crippen MR) is 177 cm³/mol. The van der Waals surface area contributed by atoms with Gasteiger partial charge in [-0.05, 0) is 91.0 Å². The minimum atomic E-state index is -1.07. The first-order valence-electron chi connectivity index (χ1n) is 15.9. The van der Waals surface area contributed by atoms with Crippen LogP contribution in [0.5, 0.6) is 0 Å². The summed E-state index contributed by atoms with van der Waals surface area (Å²) in [5, 5.41) is 5.59. The van der Waals surface area contributed by atoms with E-state index in [0.29, 0.717) is 12.0 Å². The van der Waals surface area contributed by atoms with Gasteiger partial charge in [0.05, 0.1) is 0 Å². The van der Waals surface area contributed by atoms with E-state index in [1.165, 1.54) is 4.90 Å². The third kappa shape index (κ3) is 12.2. The SMILES string of the molecule is CCCCCN(C(=O)C(C)NC(=O)OC(C)(C)C)C(C(=O)NC(Cc1ccccc1)C(=O)OC(C)(C)C)c1cccc(C)c1C. The van der Waals surface area contributed by atoms with E-state index in [4.69, 9.17) is 9.47 Å². The lowest BCUT2D eigenvalue weighted by Crippen LogP contribution is -2.54. The van der Waals surface area contributed by atoms with Crippen molar-refractivity contribution in [3.8, 4) is 0 Å². The molecule has 2 N–H and O–H groups in total. The Morgan fingerprint density at radius 1 is 0.822 bits per heavy atom. The van der Waals surface area contributed by atoms with E-state index < -0.39 is 53.2 Å². The molecule has 3 amide bonds. The normalized spacial score (nSPS) is 13.6. The Balaban J connectivity index is 2.58. The number of nitrogens with zero attached hydrogens (tertiary/aromatic N) is 1. The Labute approximate surface area is 269 Å². The molecule has 3 unspecified atom stereocenters. The van der Waals surface area contributed by atoms with E-state index in [1.807, 2.05) is 62.4 Å². The number of esters is 1. The van der Waals surface area contributed by atoms with E-state index in [2.05, 4.69) is 17.6 Å². The van der Waals surface area contributed by atoms with Gasteiger partial charge in [-0.3, -0.25) is 9.59 Å². The van der Waals surface area contributed by atoms with Crippen LogP contribution in [0.4, 0.5) is 4.79 Å². The Kier molecular flexibility index (Phi) is 13.6. The topological polar surface area (TPSA) is 114 Å². The standard InChI is InChI=1S/C36H53N3O6/c1-11-12-16-22-39(32(41)26(4)37-34(43)45-36(8,9)10)30(28-21-17-18-24(2)25(28)3)31(40)38-29(33(42)44-35(5,6)7)23-27-19-14-13-15-20-27/h13-15,17-21,26,29-30H,11-12,16,22-23H2,1-10H3,(H,37,43)(H,38,40). The monoisotopic (exact) mass is 623 g/mol. The van der Waals surface area contributed by atoms with E-state index in [0.717, 1.165) is 29.5 Å². The summed E-state index contributed by atoms with van der Waals surface area (Å²) in [5.74, 6) is -1.51. The van der Waals surface area contributed by atoms with Crippen LogP contribution in [0, 0.1) is 13.8 Å². The second kappa shape index (κ2) is 16.4. The second-order valence-electron chi connectivity index (χ2n) is 13.6. The Hall–Kier alpha value is -3.88. The van der Waals surface area contributed by atoms with Crippen LogP contribution < -0.4 is 10.6 Å². The summed E-state index contributed by atoms with van der Waals surface area (Å²) in [6, 6.07) is 12.0. The molecule has 3 atom stereocenters. The molecule has 0 fully saturated rings. The zero-order valence-electron chi connectivity index (χ0n) is 28.8. The maximum absolute atomic E-state index is 14.5. The summed E-state index contributed by atoms with van der Waals surface area (Å²) in [6.07, 6.45) is 1.88. The van der Waals surface area contributed by atoms with Crippen LogP contribution in [0.2, 0.25) is 0 Å². The van der Waals surface area contributed by atoms with Crippen molar-refractivity contribution in [2.24, 2.45) is 0 Å². The van der Waals surface area contributed by atoms with Crippen molar-refractivity contribution in [2.75, 3.05) is 6.54 Å². The fourth-order valence-corrected chi connectivity index (χ4v) is 4.88. The smallest absolute Gasteiger partial charge is 0.408 e. The molecule has 45 heavy (non-hydrogen) atoms. The molecule has 2 rings (SSSR count). The van der Waals surface area contributed by atoms with Gasteiger partial charge in [-0.1, -0.05) is 68.3 Å². The molecule has 0 saturated heterocycles. The van der Waals surface area contributed by atoms with E-state index in [9.17, 15) is 19.2 Å². The summed E-state index contributed by atoms with van der Waals surface area (Å²) >= 11 is 0. The van der Waals surface area contributed by atoms with Crippen LogP contribution in [0.25, 0.3) is 0 Å². The molecule has 0 spiro atoms. The maximum Gasteiger partial charge on any atom is 0.408 e. The molecule has 0 heterocycles. The lowest BCUT2D eigenvalue weighted by atomic mass is 9.94. The van der Waals surface area contributed by atoms with Gasteiger partial charge in [0, 0.05) is 13.0 Å². The Bertz CT molecular complexity index is 1300. The minimum absolute atomic E-state index is 0.210. The van der Waals surface area contributed by atoms with Crippen molar-refractivity contribution in [2.45, 2.75) is 124 Å². The Morgan fingerprint density at radius 2 is 1.44 bits per heavy atom. The molecular formula is C36H53N3O6. The lowest BCUT2D eigenvalue weighted by molar-refractivity contribution is -0.159. The van der Waals surface area contributed by atoms with Gasteiger partial charge in [0.2, 0.25) is 11.8 Å². The predicted octanol–water partition coefficient (Wildman–Crippen LogP) is 6.35. The number of alkyl carbamates (subject to hydrolysis) is 1. The van der Waals surface area contributed by atoms with Crippen molar-refractivity contribution in [1.29, 1.82) is 0 Å². The number of benzene rings is 2. The molecule has 0 aromatic heterocycles. The molecule has 9 nitrogen and oxygen atoms in total. The first kappa shape index (κ1) is 37.3. The van der Waals surface area contributed by atoms with E-state index in [-0.39, 0.29) is 13.0 Å². The van der Waals surface area contributed by atoms with Crippen molar-refractivity contribution in [3.63, 3.8) is 0 Å². The maximum atomic E-state index is 14.5. The van der Waals surface area contributed by atoms with Gasteiger partial charge < -0.3 is 25.0 Å². The zero-order chi connectivity index (χ0) is 33.9. The number of carbonyl (C=O) groups is 4. The summed E-state index contributed by atoms with van der Waals surface area (Å²) in [4.78, 5) is 56.2. The van der Waals surface area contributed by atoms with Crippen LogP contribution in [-0.2, 0) is 30.3 Å². The minimum Gasteiger partial charge on any atom is -0.458 e. The second-order valence-corrected chi connectivity index (χ2v) is 13.6. The van der Waals surface area contributed by atoms with Gasteiger partial charge in [0.25, 0.3) is 0 Å². The molecule has 0 aliphatic rings. The summed E-state index contributed by atoms with van der Waals surface area (Å²) < 4.78 is 11.1. The number of carbonyl (C=O) groups excluding carboxylic acids is 4. The summed E-state index contributed by atoms with van der Waals surface area (Å²) in [5.41, 5.74) is 1.79. The van der Waals surface area contributed by atoms with Crippen LogP contribution in [-0.4, -0.2) is 58.6 Å². The highest BCUT2D eigenvalue weighted by Gasteiger charge is 2.38. The number of aryl methyl sites for hydroxylation is 1. The number of unbranched alkanes of at least 4 members (excludes halogenated alkanes) is 2. The molecule has 248 valence electrons. The third-order valence-electron chi connectivity index (χ3n) is 7.18. The molecule has 0 radical (unpaired) electrons. The van der Waals surface area contributed by atoms with Crippen LogP contribution in [0.15, 0.2) is 48.5 Å². The van der Waals surface area contributed by atoms with Crippen molar-refractivity contribution < 1.29 is 28.7 Å². The average molecular weight is 624 g/mol. The highest BCUT2D eigenvalue weighted by atomic mass is 16.6. The fraction of sp³-hybridized carbons (Fsp3) is 0.556. The number of rotatable bonds is 13. The number of hydrogen-bond donors (Lipinski definition) is 2. The molecule has 0 aliphatic carbocycles. The van der Waals surface area contributed by atoms with Gasteiger partial charge in [-0.15, -0.1) is 0 Å². The average Bonchev–Trinajstić information content (AvgIpc) is 2.92. The molecule has 0 saturated carbocycles. The number of hydrogen-bond acceptors (Lipinski definition) is 6. The van der Waals surface area contributed by atoms with Gasteiger partial charge in [0.1, 0.15) is 29.3 Å². The third-order valence-corrected chi connectivity index (χ3v) is 7.18. The van der Waals surface area contributed by atoms with Gasteiger partial charge in [-0.2, -0.15) is 0 Å². The highest BCUT2D eigenvalue weighted by molar-refractivity contribution is 5.94. The first-order chi connectivity index (χ1) is 20.9. The van der Waals surface area contributed by atoms with Gasteiger partial charge in [-0.25, -0.2) is 9.59 Å². The molecular weight excluding hydrogens is 570 g/mol. The van der Waals surface area contributed by atoms with Crippen molar-refractivity contribution >= 4 is 23.9 Å². The van der Waals surface area contributed by atoms with Gasteiger partial charge in [0.15, 0.2) is 0 Å². The summed E-state index contributed by atoms with van der Waals surface area (Å²) in [7, 11) is 0.